The van der Waals surface area contributed by atoms with Crippen LogP contribution in [0.4, 0.5) is 0 Å². The highest BCUT2D eigenvalue weighted by molar-refractivity contribution is 5.79. The first kappa shape index (κ1) is 18.5. The fourth-order valence-electron chi connectivity index (χ4n) is 3.95. The van der Waals surface area contributed by atoms with Crippen molar-refractivity contribution in [2.75, 3.05) is 19.8 Å². The van der Waals surface area contributed by atoms with Crippen LogP contribution >= 0.6 is 0 Å². The molecule has 1 atom stereocenters. The van der Waals surface area contributed by atoms with Gasteiger partial charge in [-0.05, 0) is 47.9 Å². The average Bonchev–Trinajstić information content (AvgIpc) is 3.44. The van der Waals surface area contributed by atoms with Gasteiger partial charge in [-0.25, -0.2) is 0 Å². The smallest absolute Gasteiger partial charge is 0.227 e. The molecule has 0 aliphatic carbocycles. The van der Waals surface area contributed by atoms with Crippen LogP contribution < -0.4 is 9.47 Å². The Morgan fingerprint density at radius 3 is 2.80 bits per heavy atom. The summed E-state index contributed by atoms with van der Waals surface area (Å²) in [6, 6.07) is 9.46. The van der Waals surface area contributed by atoms with E-state index in [0.717, 1.165) is 36.3 Å². The predicted molar refractivity (Wildman–Crippen MR) is 107 cm³/mol. The molecule has 2 aliphatic rings. The SMILES string of the molecule is O=C(Cc1ccc2c(c1)OCCO2)N1CCC[C@H]1Cn1nnc(-c2ccncc2)n1. The van der Waals surface area contributed by atoms with Crippen LogP contribution in [0.3, 0.4) is 0 Å². The molecule has 0 bridgehead atoms. The largest absolute Gasteiger partial charge is 0.486 e. The molecular formula is C21H22N6O3. The number of fused-ring (bicyclic) bond motifs is 1. The predicted octanol–water partition coefficient (Wildman–Crippen LogP) is 1.74. The second kappa shape index (κ2) is 8.10. The van der Waals surface area contributed by atoms with Crippen molar-refractivity contribution < 1.29 is 14.3 Å². The van der Waals surface area contributed by atoms with E-state index in [-0.39, 0.29) is 11.9 Å². The van der Waals surface area contributed by atoms with Gasteiger partial charge in [0, 0.05) is 24.5 Å². The molecule has 1 fully saturated rings. The third-order valence-corrected chi connectivity index (χ3v) is 5.42. The van der Waals surface area contributed by atoms with Gasteiger partial charge in [0.05, 0.1) is 19.0 Å². The third-order valence-electron chi connectivity index (χ3n) is 5.42. The van der Waals surface area contributed by atoms with E-state index < -0.39 is 0 Å². The lowest BCUT2D eigenvalue weighted by Gasteiger charge is -2.24. The van der Waals surface area contributed by atoms with E-state index in [1.165, 1.54) is 0 Å². The number of tetrazole rings is 1. The molecule has 0 saturated carbocycles. The molecule has 9 heteroatoms. The van der Waals surface area contributed by atoms with Gasteiger partial charge in [-0.15, -0.1) is 10.2 Å². The molecule has 1 amide bonds. The topological polar surface area (TPSA) is 95.3 Å². The second-order valence-electron chi connectivity index (χ2n) is 7.44. The van der Waals surface area contributed by atoms with E-state index in [2.05, 4.69) is 20.4 Å². The number of likely N-dealkylation sites (tertiary alicyclic amines) is 1. The number of amides is 1. The Balaban J connectivity index is 1.25. The minimum atomic E-state index is 0.0641. The number of hydrogen-bond donors (Lipinski definition) is 0. The Kier molecular flexibility index (Phi) is 5.00. The van der Waals surface area contributed by atoms with E-state index in [9.17, 15) is 4.79 Å². The number of hydrogen-bond acceptors (Lipinski definition) is 7. The first-order chi connectivity index (χ1) is 14.8. The number of aromatic nitrogens is 5. The normalized spacial score (nSPS) is 17.9. The minimum Gasteiger partial charge on any atom is -0.486 e. The van der Waals surface area contributed by atoms with Crippen molar-refractivity contribution in [1.82, 2.24) is 30.1 Å². The fraction of sp³-hybridized carbons (Fsp3) is 0.381. The highest BCUT2D eigenvalue weighted by Crippen LogP contribution is 2.31. The zero-order valence-corrected chi connectivity index (χ0v) is 16.5. The molecule has 154 valence electrons. The first-order valence-corrected chi connectivity index (χ1v) is 10.1. The molecule has 9 nitrogen and oxygen atoms in total. The molecule has 0 unspecified atom stereocenters. The monoisotopic (exact) mass is 406 g/mol. The van der Waals surface area contributed by atoms with Crippen molar-refractivity contribution in [2.24, 2.45) is 0 Å². The highest BCUT2D eigenvalue weighted by Gasteiger charge is 2.30. The summed E-state index contributed by atoms with van der Waals surface area (Å²) >= 11 is 0. The van der Waals surface area contributed by atoms with Crippen LogP contribution in [-0.4, -0.2) is 61.8 Å². The molecule has 3 aromatic rings. The average molecular weight is 406 g/mol. The third kappa shape index (κ3) is 3.83. The maximum atomic E-state index is 13.0. The van der Waals surface area contributed by atoms with E-state index >= 15 is 0 Å². The van der Waals surface area contributed by atoms with Crippen molar-refractivity contribution in [2.45, 2.75) is 31.8 Å². The molecule has 4 heterocycles. The summed E-state index contributed by atoms with van der Waals surface area (Å²) < 4.78 is 11.2. The number of benzene rings is 1. The van der Waals surface area contributed by atoms with Gasteiger partial charge in [0.15, 0.2) is 11.5 Å². The van der Waals surface area contributed by atoms with Gasteiger partial charge in [-0.1, -0.05) is 6.07 Å². The van der Waals surface area contributed by atoms with Crippen molar-refractivity contribution in [3.63, 3.8) is 0 Å². The maximum absolute atomic E-state index is 13.0. The lowest BCUT2D eigenvalue weighted by Crippen LogP contribution is -2.39. The molecular weight excluding hydrogens is 384 g/mol. The molecule has 5 rings (SSSR count). The van der Waals surface area contributed by atoms with Crippen molar-refractivity contribution in [3.05, 3.63) is 48.3 Å². The van der Waals surface area contributed by atoms with Crippen LogP contribution in [0, 0.1) is 0 Å². The summed E-state index contributed by atoms with van der Waals surface area (Å²) in [7, 11) is 0. The van der Waals surface area contributed by atoms with Gasteiger partial charge in [0.1, 0.15) is 13.2 Å². The van der Waals surface area contributed by atoms with Gasteiger partial charge < -0.3 is 14.4 Å². The van der Waals surface area contributed by atoms with Crippen molar-refractivity contribution >= 4 is 5.91 Å². The van der Waals surface area contributed by atoms with Gasteiger partial charge >= 0.3 is 0 Å². The number of carbonyl (C=O) groups excluding carboxylic acids is 1. The first-order valence-electron chi connectivity index (χ1n) is 10.1. The lowest BCUT2D eigenvalue weighted by molar-refractivity contribution is -0.131. The Morgan fingerprint density at radius 1 is 1.10 bits per heavy atom. The molecule has 2 aromatic heterocycles. The van der Waals surface area contributed by atoms with Crippen LogP contribution in [-0.2, 0) is 17.8 Å². The van der Waals surface area contributed by atoms with E-state index in [1.807, 2.05) is 35.2 Å². The van der Waals surface area contributed by atoms with Crippen LogP contribution in [0.2, 0.25) is 0 Å². The Labute approximate surface area is 173 Å². The number of carbonyl (C=O) groups is 1. The molecule has 0 spiro atoms. The molecule has 1 aromatic carbocycles. The van der Waals surface area contributed by atoms with Crippen LogP contribution in [0.5, 0.6) is 11.5 Å². The molecule has 2 aliphatic heterocycles. The number of pyridine rings is 1. The Hall–Kier alpha value is -3.49. The molecule has 0 radical (unpaired) electrons. The van der Waals surface area contributed by atoms with Crippen molar-refractivity contribution in [3.8, 4) is 22.9 Å². The zero-order chi connectivity index (χ0) is 20.3. The molecule has 1 saturated heterocycles. The Bertz CT molecular complexity index is 1040. The van der Waals surface area contributed by atoms with Gasteiger partial charge in [-0.3, -0.25) is 9.78 Å². The lowest BCUT2D eigenvalue weighted by atomic mass is 10.1. The number of ether oxygens (including phenoxy) is 2. The summed E-state index contributed by atoms with van der Waals surface area (Å²) in [6.45, 7) is 2.37. The van der Waals surface area contributed by atoms with E-state index in [4.69, 9.17) is 9.47 Å². The molecule has 30 heavy (non-hydrogen) atoms. The fourth-order valence-corrected chi connectivity index (χ4v) is 3.95. The number of nitrogens with zero attached hydrogens (tertiary/aromatic N) is 6. The summed E-state index contributed by atoms with van der Waals surface area (Å²) in [5.41, 5.74) is 1.79. The molecule has 0 N–H and O–H groups in total. The summed E-state index contributed by atoms with van der Waals surface area (Å²) in [5, 5.41) is 12.8. The van der Waals surface area contributed by atoms with Gasteiger partial charge in [0.2, 0.25) is 11.7 Å². The standard InChI is InChI=1S/C21H22N6O3/c28-20(13-15-3-4-18-19(12-15)30-11-10-29-18)26-9-1-2-17(26)14-27-24-21(23-25-27)16-5-7-22-8-6-16/h3-8,12,17H,1-2,9-11,13-14H2/t17-/m0/s1. The zero-order valence-electron chi connectivity index (χ0n) is 16.5. The van der Waals surface area contributed by atoms with E-state index in [1.54, 1.807) is 17.2 Å². The summed E-state index contributed by atoms with van der Waals surface area (Å²) in [5.74, 6) is 2.10. The maximum Gasteiger partial charge on any atom is 0.227 e. The van der Waals surface area contributed by atoms with Crippen molar-refractivity contribution in [1.29, 1.82) is 0 Å². The second-order valence-corrected chi connectivity index (χ2v) is 7.44. The van der Waals surface area contributed by atoms with Crippen LogP contribution in [0.25, 0.3) is 11.4 Å². The van der Waals surface area contributed by atoms with E-state index in [0.29, 0.717) is 37.8 Å². The summed E-state index contributed by atoms with van der Waals surface area (Å²) in [6.07, 6.45) is 5.64. The number of rotatable bonds is 5. The van der Waals surface area contributed by atoms with Crippen LogP contribution in [0.15, 0.2) is 42.7 Å². The van der Waals surface area contributed by atoms with Crippen LogP contribution in [0.1, 0.15) is 18.4 Å². The minimum absolute atomic E-state index is 0.0641. The summed E-state index contributed by atoms with van der Waals surface area (Å²) in [4.78, 5) is 20.5. The quantitative estimate of drug-likeness (QED) is 0.637. The van der Waals surface area contributed by atoms with Gasteiger partial charge in [0.25, 0.3) is 0 Å². The highest BCUT2D eigenvalue weighted by atomic mass is 16.6. The Morgan fingerprint density at radius 2 is 1.93 bits per heavy atom. The van der Waals surface area contributed by atoms with Gasteiger partial charge in [-0.2, -0.15) is 4.80 Å².